The lowest BCUT2D eigenvalue weighted by Gasteiger charge is -2.10. The van der Waals surface area contributed by atoms with E-state index >= 15 is 0 Å². The number of halogens is 2. The number of nitrogens with one attached hydrogen (secondary N) is 1. The summed E-state index contributed by atoms with van der Waals surface area (Å²) < 4.78 is 18.7. The van der Waals surface area contributed by atoms with Crippen molar-refractivity contribution in [2.45, 2.75) is 0 Å². The van der Waals surface area contributed by atoms with Gasteiger partial charge in [-0.2, -0.15) is 10.5 Å². The molecule has 6 heteroatoms. The number of hydrogen-bond acceptors (Lipinski definition) is 4. The summed E-state index contributed by atoms with van der Waals surface area (Å²) in [7, 11) is 1.43. The average molecular weight is 296 g/mol. The van der Waals surface area contributed by atoms with Gasteiger partial charge in [0.1, 0.15) is 23.5 Å². The summed E-state index contributed by atoms with van der Waals surface area (Å²) in [5.41, 5.74) is 0.204. The van der Waals surface area contributed by atoms with Crippen LogP contribution in [0.3, 0.4) is 0 Å². The third-order valence-electron chi connectivity index (χ3n) is 1.83. The fraction of sp³-hybridized carbons (Fsp3) is 0.0909. The minimum absolute atomic E-state index is 0.118. The number of allylic oxidation sites excluding steroid dienone is 1. The van der Waals surface area contributed by atoms with E-state index in [1.54, 1.807) is 12.1 Å². The van der Waals surface area contributed by atoms with Crippen LogP contribution < -0.4 is 10.1 Å². The Balaban J connectivity index is 3.12. The minimum atomic E-state index is -0.468. The smallest absolute Gasteiger partial charge is 0.156 e. The summed E-state index contributed by atoms with van der Waals surface area (Å²) in [6, 6.07) is 5.81. The molecule has 1 aromatic carbocycles. The Hall–Kier alpha value is -2.05. The van der Waals surface area contributed by atoms with Gasteiger partial charge in [-0.3, -0.25) is 0 Å². The lowest BCUT2D eigenvalue weighted by Crippen LogP contribution is -1.96. The highest BCUT2D eigenvalue weighted by molar-refractivity contribution is 9.10. The number of ether oxygens (including phenoxy) is 1. The molecule has 0 fully saturated rings. The molecule has 0 aliphatic rings. The highest BCUT2D eigenvalue weighted by Gasteiger charge is 2.09. The molecule has 0 atom stereocenters. The molecule has 0 radical (unpaired) electrons. The SMILES string of the molecule is COc1c(Br)cc(F)cc1NC=C(C#N)C#N. The van der Waals surface area contributed by atoms with E-state index in [9.17, 15) is 4.39 Å². The van der Waals surface area contributed by atoms with Crippen molar-refractivity contribution < 1.29 is 9.13 Å². The van der Waals surface area contributed by atoms with Gasteiger partial charge in [0.05, 0.1) is 17.3 Å². The molecule has 17 heavy (non-hydrogen) atoms. The van der Waals surface area contributed by atoms with E-state index in [4.69, 9.17) is 15.3 Å². The van der Waals surface area contributed by atoms with Crippen molar-refractivity contribution >= 4 is 21.6 Å². The zero-order valence-corrected chi connectivity index (χ0v) is 10.4. The van der Waals surface area contributed by atoms with Crippen LogP contribution in [0, 0.1) is 28.5 Å². The molecular formula is C11H7BrFN3O. The van der Waals surface area contributed by atoms with E-state index in [2.05, 4.69) is 21.2 Å². The Labute approximate surface area is 106 Å². The first-order valence-electron chi connectivity index (χ1n) is 4.42. The summed E-state index contributed by atoms with van der Waals surface area (Å²) in [5, 5.41) is 19.7. The van der Waals surface area contributed by atoms with E-state index in [1.165, 1.54) is 25.4 Å². The molecule has 0 saturated carbocycles. The minimum Gasteiger partial charge on any atom is -0.493 e. The molecule has 0 spiro atoms. The van der Waals surface area contributed by atoms with Crippen LogP contribution in [0.5, 0.6) is 5.75 Å². The number of benzene rings is 1. The molecule has 0 aliphatic carbocycles. The van der Waals surface area contributed by atoms with Crippen LogP contribution in [0.1, 0.15) is 0 Å². The van der Waals surface area contributed by atoms with E-state index in [1.807, 2.05) is 0 Å². The van der Waals surface area contributed by atoms with Gasteiger partial charge in [0.25, 0.3) is 0 Å². The number of anilines is 1. The largest absolute Gasteiger partial charge is 0.493 e. The van der Waals surface area contributed by atoms with Crippen molar-refractivity contribution in [1.29, 1.82) is 10.5 Å². The topological polar surface area (TPSA) is 68.8 Å². The van der Waals surface area contributed by atoms with Crippen LogP contribution in [0.2, 0.25) is 0 Å². The molecule has 0 heterocycles. The predicted molar refractivity (Wildman–Crippen MR) is 63.6 cm³/mol. The first-order valence-corrected chi connectivity index (χ1v) is 5.21. The molecule has 86 valence electrons. The van der Waals surface area contributed by atoms with Crippen LogP contribution in [-0.4, -0.2) is 7.11 Å². The van der Waals surface area contributed by atoms with E-state index in [0.717, 1.165) is 0 Å². The maximum Gasteiger partial charge on any atom is 0.156 e. The second-order valence-corrected chi connectivity index (χ2v) is 3.75. The van der Waals surface area contributed by atoms with Crippen molar-refractivity contribution in [3.05, 3.63) is 34.2 Å². The average Bonchev–Trinajstić information content (AvgIpc) is 2.29. The van der Waals surface area contributed by atoms with Crippen LogP contribution in [0.25, 0.3) is 0 Å². The monoisotopic (exact) mass is 295 g/mol. The normalized spacial score (nSPS) is 8.76. The van der Waals surface area contributed by atoms with E-state index < -0.39 is 5.82 Å². The maximum atomic E-state index is 13.2. The van der Waals surface area contributed by atoms with Crippen molar-refractivity contribution in [2.75, 3.05) is 12.4 Å². The Morgan fingerprint density at radius 2 is 2.12 bits per heavy atom. The summed E-state index contributed by atoms with van der Waals surface area (Å²) in [6.07, 6.45) is 1.18. The zero-order valence-electron chi connectivity index (χ0n) is 8.79. The van der Waals surface area contributed by atoms with Crippen molar-refractivity contribution in [3.63, 3.8) is 0 Å². The van der Waals surface area contributed by atoms with Crippen LogP contribution in [-0.2, 0) is 0 Å². The van der Waals surface area contributed by atoms with Gasteiger partial charge >= 0.3 is 0 Å². The van der Waals surface area contributed by atoms with Gasteiger partial charge in [0.15, 0.2) is 5.75 Å². The molecule has 0 aliphatic heterocycles. The van der Waals surface area contributed by atoms with Gasteiger partial charge in [-0.1, -0.05) is 0 Å². The van der Waals surface area contributed by atoms with Crippen LogP contribution in [0.15, 0.2) is 28.4 Å². The Kier molecular flexibility index (Phi) is 4.50. The molecule has 1 rings (SSSR count). The third-order valence-corrected chi connectivity index (χ3v) is 2.41. The van der Waals surface area contributed by atoms with E-state index in [0.29, 0.717) is 15.9 Å². The zero-order chi connectivity index (χ0) is 12.8. The van der Waals surface area contributed by atoms with Gasteiger partial charge in [0.2, 0.25) is 0 Å². The molecule has 4 nitrogen and oxygen atoms in total. The Morgan fingerprint density at radius 3 is 2.65 bits per heavy atom. The van der Waals surface area contributed by atoms with Crippen molar-refractivity contribution in [3.8, 4) is 17.9 Å². The molecular weight excluding hydrogens is 289 g/mol. The first-order chi connectivity index (χ1) is 8.12. The number of nitriles is 2. The van der Waals surface area contributed by atoms with Gasteiger partial charge in [-0.05, 0) is 22.0 Å². The maximum absolute atomic E-state index is 13.2. The van der Waals surface area contributed by atoms with Crippen LogP contribution >= 0.6 is 15.9 Å². The number of methoxy groups -OCH3 is 1. The Bertz CT molecular complexity index is 527. The fourth-order valence-corrected chi connectivity index (χ4v) is 1.71. The summed E-state index contributed by atoms with van der Waals surface area (Å²) >= 11 is 3.14. The molecule has 1 N–H and O–H groups in total. The second kappa shape index (κ2) is 5.88. The predicted octanol–water partition coefficient (Wildman–Crippen LogP) is 2.94. The van der Waals surface area contributed by atoms with Crippen LogP contribution in [0.4, 0.5) is 10.1 Å². The van der Waals surface area contributed by atoms with Gasteiger partial charge < -0.3 is 10.1 Å². The molecule has 0 amide bonds. The molecule has 0 aromatic heterocycles. The quantitative estimate of drug-likeness (QED) is 0.871. The Morgan fingerprint density at radius 1 is 1.47 bits per heavy atom. The highest BCUT2D eigenvalue weighted by Crippen LogP contribution is 2.34. The van der Waals surface area contributed by atoms with Crippen molar-refractivity contribution in [1.82, 2.24) is 0 Å². The molecule has 0 saturated heterocycles. The summed E-state index contributed by atoms with van der Waals surface area (Å²) in [6.45, 7) is 0. The lowest BCUT2D eigenvalue weighted by molar-refractivity contribution is 0.413. The lowest BCUT2D eigenvalue weighted by atomic mass is 10.2. The third kappa shape index (κ3) is 3.20. The summed E-state index contributed by atoms with van der Waals surface area (Å²) in [5.74, 6) is -0.0816. The van der Waals surface area contributed by atoms with Crippen molar-refractivity contribution in [2.24, 2.45) is 0 Å². The number of hydrogen-bond donors (Lipinski definition) is 1. The fourth-order valence-electron chi connectivity index (χ4n) is 1.11. The molecule has 0 unspecified atom stereocenters. The van der Waals surface area contributed by atoms with E-state index in [-0.39, 0.29) is 5.57 Å². The van der Waals surface area contributed by atoms with Gasteiger partial charge in [0, 0.05) is 12.3 Å². The van der Waals surface area contributed by atoms with Gasteiger partial charge in [-0.15, -0.1) is 0 Å². The molecule has 1 aromatic rings. The van der Waals surface area contributed by atoms with Gasteiger partial charge in [-0.25, -0.2) is 4.39 Å². The standard InChI is InChI=1S/C11H7BrFN3O/c1-17-11-9(12)2-8(13)3-10(11)16-6-7(4-14)5-15/h2-3,6,16H,1H3. The summed E-state index contributed by atoms with van der Waals surface area (Å²) in [4.78, 5) is 0. The molecule has 0 bridgehead atoms. The highest BCUT2D eigenvalue weighted by atomic mass is 79.9. The second-order valence-electron chi connectivity index (χ2n) is 2.89. The first kappa shape index (κ1) is 13.0. The number of rotatable bonds is 3. The number of nitrogens with zero attached hydrogens (tertiary/aromatic N) is 2.